The van der Waals surface area contributed by atoms with Crippen LogP contribution in [-0.2, 0) is 14.4 Å². The van der Waals surface area contributed by atoms with E-state index in [-0.39, 0.29) is 11.1 Å². The van der Waals surface area contributed by atoms with E-state index in [1.165, 1.54) is 0 Å². The summed E-state index contributed by atoms with van der Waals surface area (Å²) in [5.41, 5.74) is 0.528. The Labute approximate surface area is 112 Å². The highest BCUT2D eigenvalue weighted by Gasteiger charge is 1.97. The van der Waals surface area contributed by atoms with E-state index in [4.69, 9.17) is 15.3 Å². The molecule has 0 aromatic heterocycles. The molecule has 0 bridgehead atoms. The Kier molecular flexibility index (Phi) is 15.8. The van der Waals surface area contributed by atoms with Crippen molar-refractivity contribution in [3.63, 3.8) is 0 Å². The van der Waals surface area contributed by atoms with Crippen molar-refractivity contribution in [2.24, 2.45) is 0 Å². The van der Waals surface area contributed by atoms with Crippen molar-refractivity contribution in [3.8, 4) is 0 Å². The Morgan fingerprint density at radius 3 is 1.11 bits per heavy atom. The number of hydrogen-bond acceptors (Lipinski definition) is 3. The molecule has 0 heterocycles. The van der Waals surface area contributed by atoms with Crippen molar-refractivity contribution < 1.29 is 29.7 Å². The summed E-state index contributed by atoms with van der Waals surface area (Å²) in [6, 6.07) is 0. The second-order valence-electron chi connectivity index (χ2n) is 3.07. The van der Waals surface area contributed by atoms with Gasteiger partial charge in [0.25, 0.3) is 0 Å². The second kappa shape index (κ2) is 13.7. The smallest absolute Gasteiger partial charge is 0.330 e. The van der Waals surface area contributed by atoms with Gasteiger partial charge in [0.15, 0.2) is 0 Å². The van der Waals surface area contributed by atoms with Gasteiger partial charge in [-0.3, -0.25) is 0 Å². The SMILES string of the molecule is C=C(CC)C(=O)O.C=C(CC)C(=O)O.C=CC(=O)O. The number of aliphatic carboxylic acids is 3. The maximum absolute atomic E-state index is 9.83. The summed E-state index contributed by atoms with van der Waals surface area (Å²) in [5, 5.41) is 23.8. The summed E-state index contributed by atoms with van der Waals surface area (Å²) < 4.78 is 0. The van der Waals surface area contributed by atoms with E-state index in [1.54, 1.807) is 13.8 Å². The van der Waals surface area contributed by atoms with Crippen LogP contribution in [0.4, 0.5) is 0 Å². The van der Waals surface area contributed by atoms with Gasteiger partial charge in [-0.1, -0.05) is 33.6 Å². The van der Waals surface area contributed by atoms with E-state index in [9.17, 15) is 14.4 Å². The highest BCUT2D eigenvalue weighted by molar-refractivity contribution is 5.85. The Bertz CT molecular complexity index is 328. The van der Waals surface area contributed by atoms with Crippen LogP contribution in [0.5, 0.6) is 0 Å². The Balaban J connectivity index is -0.000000206. The fourth-order valence-corrected chi connectivity index (χ4v) is 0.302. The van der Waals surface area contributed by atoms with Crippen LogP contribution in [0.3, 0.4) is 0 Å². The van der Waals surface area contributed by atoms with Gasteiger partial charge < -0.3 is 15.3 Å². The fraction of sp³-hybridized carbons (Fsp3) is 0.308. The topological polar surface area (TPSA) is 112 Å². The van der Waals surface area contributed by atoms with E-state index in [0.29, 0.717) is 12.8 Å². The van der Waals surface area contributed by atoms with Crippen molar-refractivity contribution in [2.75, 3.05) is 0 Å². The molecule has 3 N–H and O–H groups in total. The number of rotatable bonds is 5. The van der Waals surface area contributed by atoms with Crippen LogP contribution in [0.1, 0.15) is 26.7 Å². The van der Waals surface area contributed by atoms with Crippen molar-refractivity contribution in [1.29, 1.82) is 0 Å². The molecule has 0 unspecified atom stereocenters. The molecular formula is C13H20O6. The van der Waals surface area contributed by atoms with Crippen molar-refractivity contribution in [2.45, 2.75) is 26.7 Å². The Morgan fingerprint density at radius 1 is 0.895 bits per heavy atom. The first-order valence-electron chi connectivity index (χ1n) is 5.31. The van der Waals surface area contributed by atoms with E-state index >= 15 is 0 Å². The minimum absolute atomic E-state index is 0.264. The molecule has 19 heavy (non-hydrogen) atoms. The molecule has 0 aromatic carbocycles. The molecule has 0 aliphatic heterocycles. The minimum Gasteiger partial charge on any atom is -0.478 e. The summed E-state index contributed by atoms with van der Waals surface area (Å²) in [5.74, 6) is -2.78. The van der Waals surface area contributed by atoms with Crippen LogP contribution in [0.15, 0.2) is 37.0 Å². The molecule has 6 nitrogen and oxygen atoms in total. The first-order chi connectivity index (χ1) is 8.63. The van der Waals surface area contributed by atoms with Crippen LogP contribution in [0, 0.1) is 0 Å². The number of carboxylic acids is 3. The normalized spacial score (nSPS) is 7.68. The maximum Gasteiger partial charge on any atom is 0.330 e. The molecule has 0 aliphatic rings. The lowest BCUT2D eigenvalue weighted by Crippen LogP contribution is -1.95. The average molecular weight is 272 g/mol. The zero-order valence-corrected chi connectivity index (χ0v) is 11.2. The van der Waals surface area contributed by atoms with Gasteiger partial charge in [-0.15, -0.1) is 0 Å². The first kappa shape index (κ1) is 21.9. The van der Waals surface area contributed by atoms with E-state index in [0.717, 1.165) is 6.08 Å². The summed E-state index contributed by atoms with van der Waals surface area (Å²) in [6.07, 6.45) is 1.88. The molecule has 108 valence electrons. The van der Waals surface area contributed by atoms with E-state index < -0.39 is 17.9 Å². The highest BCUT2D eigenvalue weighted by atomic mass is 16.4. The molecule has 0 rings (SSSR count). The molecule has 0 fully saturated rings. The van der Waals surface area contributed by atoms with Crippen LogP contribution in [0.25, 0.3) is 0 Å². The largest absolute Gasteiger partial charge is 0.478 e. The lowest BCUT2D eigenvalue weighted by Gasteiger charge is -1.87. The van der Waals surface area contributed by atoms with Crippen molar-refractivity contribution in [3.05, 3.63) is 37.0 Å². The predicted molar refractivity (Wildman–Crippen MR) is 72.0 cm³/mol. The number of hydrogen-bond donors (Lipinski definition) is 3. The van der Waals surface area contributed by atoms with Crippen LogP contribution < -0.4 is 0 Å². The van der Waals surface area contributed by atoms with Gasteiger partial charge in [0.1, 0.15) is 0 Å². The van der Waals surface area contributed by atoms with E-state index in [1.807, 2.05) is 0 Å². The van der Waals surface area contributed by atoms with Crippen molar-refractivity contribution >= 4 is 17.9 Å². The molecular weight excluding hydrogens is 252 g/mol. The van der Waals surface area contributed by atoms with Crippen LogP contribution in [0.2, 0.25) is 0 Å². The standard InChI is InChI=1S/2C5H8O2.C3H4O2/c2*1-3-4(2)5(6)7;1-2-3(4)5/h2*2-3H2,1H3,(H,6,7);2H,1H2,(H,4,5). The third-order valence-corrected chi connectivity index (χ3v) is 1.63. The molecule has 0 aliphatic carbocycles. The summed E-state index contributed by atoms with van der Waals surface area (Å²) in [7, 11) is 0. The number of carboxylic acid groups (broad SMARTS) is 3. The zero-order valence-electron chi connectivity index (χ0n) is 11.2. The molecule has 0 spiro atoms. The van der Waals surface area contributed by atoms with Gasteiger partial charge in [-0.05, 0) is 12.8 Å². The number of carbonyl (C=O) groups is 3. The third-order valence-electron chi connectivity index (χ3n) is 1.63. The molecule has 0 saturated carbocycles. The summed E-state index contributed by atoms with van der Waals surface area (Å²) in [6.45, 7) is 13.0. The second-order valence-corrected chi connectivity index (χ2v) is 3.07. The molecule has 6 heteroatoms. The van der Waals surface area contributed by atoms with Gasteiger partial charge in [0.05, 0.1) is 0 Å². The summed E-state index contributed by atoms with van der Waals surface area (Å²) in [4.78, 5) is 28.9. The fourth-order valence-electron chi connectivity index (χ4n) is 0.302. The van der Waals surface area contributed by atoms with Gasteiger partial charge in [0.2, 0.25) is 0 Å². The van der Waals surface area contributed by atoms with Crippen LogP contribution in [-0.4, -0.2) is 33.2 Å². The van der Waals surface area contributed by atoms with Gasteiger partial charge in [0, 0.05) is 17.2 Å². The van der Waals surface area contributed by atoms with E-state index in [2.05, 4.69) is 19.7 Å². The first-order valence-corrected chi connectivity index (χ1v) is 5.31. The van der Waals surface area contributed by atoms with Crippen molar-refractivity contribution in [1.82, 2.24) is 0 Å². The molecule has 0 aromatic rings. The Morgan fingerprint density at radius 2 is 1.11 bits per heavy atom. The molecule has 0 atom stereocenters. The zero-order chi connectivity index (χ0) is 16.0. The molecule has 0 saturated heterocycles. The molecule has 0 radical (unpaired) electrons. The molecule has 0 amide bonds. The highest BCUT2D eigenvalue weighted by Crippen LogP contribution is 1.93. The van der Waals surface area contributed by atoms with Crippen LogP contribution >= 0.6 is 0 Å². The van der Waals surface area contributed by atoms with Gasteiger partial charge in [-0.25, -0.2) is 14.4 Å². The predicted octanol–water partition coefficient (Wildman–Crippen LogP) is 2.33. The Hall–Kier alpha value is -2.37. The van der Waals surface area contributed by atoms with Gasteiger partial charge in [-0.2, -0.15) is 0 Å². The third kappa shape index (κ3) is 21.5. The monoisotopic (exact) mass is 272 g/mol. The quantitative estimate of drug-likeness (QED) is 0.662. The average Bonchev–Trinajstić information content (AvgIpc) is 2.37. The lowest BCUT2D eigenvalue weighted by atomic mass is 10.2. The lowest BCUT2D eigenvalue weighted by molar-refractivity contribution is -0.133. The summed E-state index contributed by atoms with van der Waals surface area (Å²) >= 11 is 0. The van der Waals surface area contributed by atoms with Gasteiger partial charge >= 0.3 is 17.9 Å². The minimum atomic E-state index is -0.981. The maximum atomic E-state index is 9.83.